The maximum Gasteiger partial charge on any atom is 0.185 e. The Kier molecular flexibility index (Phi) is 6.53. The lowest BCUT2D eigenvalue weighted by Crippen LogP contribution is -2.07. The van der Waals surface area contributed by atoms with Crippen molar-refractivity contribution < 1.29 is 9.53 Å². The van der Waals surface area contributed by atoms with Gasteiger partial charge in [-0.05, 0) is 18.2 Å². The van der Waals surface area contributed by atoms with Gasteiger partial charge in [-0.1, -0.05) is 6.92 Å². The van der Waals surface area contributed by atoms with E-state index in [1.54, 1.807) is 69.1 Å². The summed E-state index contributed by atoms with van der Waals surface area (Å²) in [5, 5.41) is 10.8. The summed E-state index contributed by atoms with van der Waals surface area (Å²) in [6.45, 7) is 1.80. The zero-order chi connectivity index (χ0) is 25.8. The third-order valence-corrected chi connectivity index (χ3v) is 5.53. The van der Waals surface area contributed by atoms with Crippen LogP contribution in [0.4, 0.5) is 23.1 Å². The second-order valence-corrected chi connectivity index (χ2v) is 8.00. The molecule has 37 heavy (non-hydrogen) atoms. The van der Waals surface area contributed by atoms with Crippen LogP contribution in [0.15, 0.2) is 67.9 Å². The Morgan fingerprint density at radius 2 is 1.86 bits per heavy atom. The zero-order valence-corrected chi connectivity index (χ0v) is 20.5. The molecule has 0 bridgehead atoms. The Bertz CT molecular complexity index is 1530. The number of hydrogen-bond acceptors (Lipinski definition) is 10. The van der Waals surface area contributed by atoms with Gasteiger partial charge in [-0.25, -0.2) is 24.9 Å². The summed E-state index contributed by atoms with van der Waals surface area (Å²) in [7, 11) is 3.34. The van der Waals surface area contributed by atoms with Gasteiger partial charge in [0.1, 0.15) is 18.0 Å². The van der Waals surface area contributed by atoms with Crippen molar-refractivity contribution in [2.24, 2.45) is 7.05 Å². The minimum absolute atomic E-state index is 0.0640. The average molecular weight is 497 g/mol. The maximum atomic E-state index is 12.7. The summed E-state index contributed by atoms with van der Waals surface area (Å²) in [6.07, 6.45) is 12.1. The van der Waals surface area contributed by atoms with Crippen LogP contribution in [-0.4, -0.2) is 52.2 Å². The maximum absolute atomic E-state index is 12.7. The van der Waals surface area contributed by atoms with E-state index < -0.39 is 0 Å². The summed E-state index contributed by atoms with van der Waals surface area (Å²) >= 11 is 0. The molecule has 0 radical (unpaired) electrons. The third kappa shape index (κ3) is 4.98. The van der Waals surface area contributed by atoms with Crippen LogP contribution in [0.25, 0.3) is 17.1 Å². The molecular formula is C25H24N10O2. The van der Waals surface area contributed by atoms with Crippen molar-refractivity contribution in [3.05, 3.63) is 73.5 Å². The van der Waals surface area contributed by atoms with Gasteiger partial charge in [-0.2, -0.15) is 5.10 Å². The molecule has 12 heteroatoms. The summed E-state index contributed by atoms with van der Waals surface area (Å²) in [4.78, 5) is 34.4. The molecule has 5 aromatic heterocycles. The van der Waals surface area contributed by atoms with Gasteiger partial charge in [0, 0.05) is 44.3 Å². The van der Waals surface area contributed by atoms with Crippen molar-refractivity contribution in [1.29, 1.82) is 0 Å². The number of Topliss-reactive ketones (excluding diaryl/α,β-unsaturated/α-hetero) is 1. The quantitative estimate of drug-likeness (QED) is 0.289. The van der Waals surface area contributed by atoms with Crippen molar-refractivity contribution in [2.75, 3.05) is 17.7 Å². The van der Waals surface area contributed by atoms with E-state index in [1.807, 2.05) is 22.9 Å². The van der Waals surface area contributed by atoms with E-state index >= 15 is 0 Å². The number of carbonyl (C=O) groups is 1. The van der Waals surface area contributed by atoms with E-state index in [4.69, 9.17) is 4.74 Å². The van der Waals surface area contributed by atoms with Crippen LogP contribution in [0, 0.1) is 0 Å². The molecule has 186 valence electrons. The van der Waals surface area contributed by atoms with E-state index in [0.717, 1.165) is 5.69 Å². The van der Waals surface area contributed by atoms with E-state index in [9.17, 15) is 4.79 Å². The Labute approximate surface area is 212 Å². The predicted molar refractivity (Wildman–Crippen MR) is 138 cm³/mol. The van der Waals surface area contributed by atoms with Crippen molar-refractivity contribution in [3.8, 4) is 22.8 Å². The average Bonchev–Trinajstić information content (AvgIpc) is 3.61. The van der Waals surface area contributed by atoms with Crippen LogP contribution in [-0.2, 0) is 7.05 Å². The smallest absolute Gasteiger partial charge is 0.185 e. The van der Waals surface area contributed by atoms with Crippen molar-refractivity contribution >= 4 is 28.9 Å². The van der Waals surface area contributed by atoms with E-state index in [0.29, 0.717) is 52.3 Å². The number of aryl methyl sites for hydroxylation is 1. The van der Waals surface area contributed by atoms with Gasteiger partial charge in [0.15, 0.2) is 23.2 Å². The number of ketones is 1. The molecule has 0 saturated heterocycles. The standard InChI is InChI=1S/C25H24N10O2/c1-4-20(36)18-13-29-22(32-21-6-5-16(12-28-21)35-10-9-26-14-35)11-19(18)31-25-23(37-3)17(7-8-27-25)24-30-15-34(2)33-24/h5-15H,4H2,1-3H3,(H2,27,28,29,31,32). The molecule has 0 unspecified atom stereocenters. The molecule has 0 aromatic carbocycles. The van der Waals surface area contributed by atoms with E-state index in [-0.39, 0.29) is 5.78 Å². The number of hydrogen-bond donors (Lipinski definition) is 2. The number of imidazole rings is 1. The van der Waals surface area contributed by atoms with Gasteiger partial charge in [0.25, 0.3) is 0 Å². The molecule has 0 saturated carbocycles. The monoisotopic (exact) mass is 496 g/mol. The van der Waals surface area contributed by atoms with Gasteiger partial charge in [-0.3, -0.25) is 9.48 Å². The topological polar surface area (TPSA) is 138 Å². The van der Waals surface area contributed by atoms with Gasteiger partial charge < -0.3 is 19.9 Å². The molecule has 0 aliphatic rings. The summed E-state index contributed by atoms with van der Waals surface area (Å²) in [6, 6.07) is 7.26. The lowest BCUT2D eigenvalue weighted by Gasteiger charge is -2.16. The number of pyridine rings is 3. The first-order chi connectivity index (χ1) is 18.1. The van der Waals surface area contributed by atoms with Crippen LogP contribution in [0.3, 0.4) is 0 Å². The summed E-state index contributed by atoms with van der Waals surface area (Å²) in [5.41, 5.74) is 2.50. The molecule has 0 spiro atoms. The van der Waals surface area contributed by atoms with Gasteiger partial charge in [0.2, 0.25) is 0 Å². The zero-order valence-electron chi connectivity index (χ0n) is 20.5. The summed E-state index contributed by atoms with van der Waals surface area (Å²) < 4.78 is 9.13. The van der Waals surface area contributed by atoms with Crippen molar-refractivity contribution in [3.63, 3.8) is 0 Å². The number of ether oxygens (including phenoxy) is 1. The highest BCUT2D eigenvalue weighted by Crippen LogP contribution is 2.36. The van der Waals surface area contributed by atoms with Crippen molar-refractivity contribution in [2.45, 2.75) is 13.3 Å². The predicted octanol–water partition coefficient (Wildman–Crippen LogP) is 3.94. The molecule has 5 aromatic rings. The number of rotatable bonds is 9. The largest absolute Gasteiger partial charge is 0.492 e. The normalized spacial score (nSPS) is 10.8. The number of aromatic nitrogens is 8. The second-order valence-electron chi connectivity index (χ2n) is 8.00. The molecule has 5 heterocycles. The number of carbonyl (C=O) groups excluding carboxylic acids is 1. The molecule has 2 N–H and O–H groups in total. The fraction of sp³-hybridized carbons (Fsp3) is 0.160. The van der Waals surface area contributed by atoms with Crippen LogP contribution < -0.4 is 15.4 Å². The number of nitrogens with one attached hydrogen (secondary N) is 2. The van der Waals surface area contributed by atoms with Gasteiger partial charge in [-0.15, -0.1) is 0 Å². The molecule has 12 nitrogen and oxygen atoms in total. The fourth-order valence-corrected chi connectivity index (χ4v) is 3.71. The minimum atomic E-state index is -0.0640. The SMILES string of the molecule is CCC(=O)c1cnc(Nc2ccc(-n3ccnc3)cn2)cc1Nc1nccc(-c2ncn(C)n2)c1OC. The van der Waals surface area contributed by atoms with Gasteiger partial charge in [0.05, 0.1) is 42.1 Å². The van der Waals surface area contributed by atoms with Crippen molar-refractivity contribution in [1.82, 2.24) is 39.3 Å². The highest BCUT2D eigenvalue weighted by molar-refractivity contribution is 6.02. The molecule has 0 amide bonds. The molecule has 0 aliphatic heterocycles. The molecule has 0 fully saturated rings. The van der Waals surface area contributed by atoms with Crippen LogP contribution in [0.2, 0.25) is 0 Å². The molecule has 0 aliphatic carbocycles. The van der Waals surface area contributed by atoms with E-state index in [2.05, 4.69) is 40.7 Å². The first-order valence-electron chi connectivity index (χ1n) is 11.5. The highest BCUT2D eigenvalue weighted by atomic mass is 16.5. The van der Waals surface area contributed by atoms with Crippen LogP contribution in [0.1, 0.15) is 23.7 Å². The summed E-state index contributed by atoms with van der Waals surface area (Å²) in [5.74, 6) is 2.39. The third-order valence-electron chi connectivity index (χ3n) is 5.53. The lowest BCUT2D eigenvalue weighted by molar-refractivity contribution is 0.0988. The molecule has 0 atom stereocenters. The Morgan fingerprint density at radius 1 is 1.00 bits per heavy atom. The second kappa shape index (κ2) is 10.2. The van der Waals surface area contributed by atoms with E-state index in [1.165, 1.54) is 6.20 Å². The first-order valence-corrected chi connectivity index (χ1v) is 11.5. The van der Waals surface area contributed by atoms with Gasteiger partial charge >= 0.3 is 0 Å². The Morgan fingerprint density at radius 3 is 2.54 bits per heavy atom. The Hall–Kier alpha value is -5.13. The molecule has 5 rings (SSSR count). The van der Waals surface area contributed by atoms with Crippen LogP contribution in [0.5, 0.6) is 5.75 Å². The number of anilines is 4. The highest BCUT2D eigenvalue weighted by Gasteiger charge is 2.19. The number of methoxy groups -OCH3 is 1. The number of nitrogens with zero attached hydrogens (tertiary/aromatic N) is 8. The van der Waals surface area contributed by atoms with Crippen LogP contribution >= 0.6 is 0 Å². The fourth-order valence-electron chi connectivity index (χ4n) is 3.71. The Balaban J connectivity index is 1.46. The minimum Gasteiger partial charge on any atom is -0.492 e. The molecular weight excluding hydrogens is 472 g/mol. The first kappa shape index (κ1) is 23.6. The lowest BCUT2D eigenvalue weighted by atomic mass is 10.1.